The Morgan fingerprint density at radius 3 is 2.61 bits per heavy atom. The summed E-state index contributed by atoms with van der Waals surface area (Å²) in [7, 11) is 0. The standard InChI is InChI=1S/C14H14O2S2/c15-14(16)13(8-11-4-2-1-3-5-11)18-10-12-6-7-17-9-12/h1-7,9,13H,8,10H2,(H,15,16). The molecular formula is C14H14O2S2. The molecule has 1 aromatic carbocycles. The molecule has 2 aromatic rings. The Balaban J connectivity index is 1.94. The van der Waals surface area contributed by atoms with Crippen LogP contribution in [0.5, 0.6) is 0 Å². The zero-order valence-corrected chi connectivity index (χ0v) is 11.4. The molecule has 0 saturated heterocycles. The van der Waals surface area contributed by atoms with Crippen molar-refractivity contribution in [3.8, 4) is 0 Å². The number of aliphatic carboxylic acids is 1. The van der Waals surface area contributed by atoms with Crippen LogP contribution < -0.4 is 0 Å². The van der Waals surface area contributed by atoms with Gasteiger partial charge < -0.3 is 5.11 Å². The summed E-state index contributed by atoms with van der Waals surface area (Å²) < 4.78 is 0. The van der Waals surface area contributed by atoms with Gasteiger partial charge in [0.05, 0.1) is 0 Å². The lowest BCUT2D eigenvalue weighted by Gasteiger charge is -2.11. The van der Waals surface area contributed by atoms with Crippen molar-refractivity contribution in [2.75, 3.05) is 0 Å². The fourth-order valence-corrected chi connectivity index (χ4v) is 3.42. The molecule has 1 atom stereocenters. The van der Waals surface area contributed by atoms with Crippen molar-refractivity contribution >= 4 is 29.1 Å². The molecule has 0 radical (unpaired) electrons. The van der Waals surface area contributed by atoms with Crippen LogP contribution in [0.15, 0.2) is 47.2 Å². The summed E-state index contributed by atoms with van der Waals surface area (Å²) in [5, 5.41) is 12.9. The molecule has 18 heavy (non-hydrogen) atoms. The van der Waals surface area contributed by atoms with Crippen LogP contribution in [0.2, 0.25) is 0 Å². The molecular weight excluding hydrogens is 264 g/mol. The fraction of sp³-hybridized carbons (Fsp3) is 0.214. The predicted octanol–water partition coefficient (Wildman–Crippen LogP) is 3.68. The number of benzene rings is 1. The molecule has 1 unspecified atom stereocenters. The van der Waals surface area contributed by atoms with Crippen molar-refractivity contribution in [3.05, 3.63) is 58.3 Å². The van der Waals surface area contributed by atoms with Gasteiger partial charge in [0, 0.05) is 5.75 Å². The van der Waals surface area contributed by atoms with E-state index in [2.05, 4.69) is 5.38 Å². The molecule has 0 aliphatic heterocycles. The second-order valence-corrected chi connectivity index (χ2v) is 5.93. The smallest absolute Gasteiger partial charge is 0.316 e. The second-order valence-electron chi connectivity index (χ2n) is 3.96. The molecule has 0 spiro atoms. The summed E-state index contributed by atoms with van der Waals surface area (Å²) in [6, 6.07) is 11.8. The van der Waals surface area contributed by atoms with Crippen LogP contribution in [0, 0.1) is 0 Å². The number of thioether (sulfide) groups is 1. The third-order valence-corrected chi connectivity index (χ3v) is 4.57. The van der Waals surface area contributed by atoms with Gasteiger partial charge >= 0.3 is 5.97 Å². The van der Waals surface area contributed by atoms with Gasteiger partial charge in [-0.15, -0.1) is 11.8 Å². The lowest BCUT2D eigenvalue weighted by molar-refractivity contribution is -0.136. The maximum Gasteiger partial charge on any atom is 0.316 e. The molecule has 4 heteroatoms. The highest BCUT2D eigenvalue weighted by Gasteiger charge is 2.18. The third-order valence-electron chi connectivity index (χ3n) is 2.57. The molecule has 2 rings (SSSR count). The summed E-state index contributed by atoms with van der Waals surface area (Å²) in [5.74, 6) is 0.0203. The van der Waals surface area contributed by atoms with Gasteiger partial charge in [-0.3, -0.25) is 4.79 Å². The van der Waals surface area contributed by atoms with Gasteiger partial charge in [0.1, 0.15) is 5.25 Å². The molecule has 1 aromatic heterocycles. The van der Waals surface area contributed by atoms with Crippen LogP contribution in [0.3, 0.4) is 0 Å². The highest BCUT2D eigenvalue weighted by Crippen LogP contribution is 2.22. The first-order valence-electron chi connectivity index (χ1n) is 5.65. The first-order chi connectivity index (χ1) is 8.75. The van der Waals surface area contributed by atoms with E-state index in [9.17, 15) is 9.90 Å². The molecule has 0 saturated carbocycles. The summed E-state index contributed by atoms with van der Waals surface area (Å²) in [6.45, 7) is 0. The molecule has 0 aliphatic rings. The lowest BCUT2D eigenvalue weighted by atomic mass is 10.1. The Kier molecular flexibility index (Phi) is 4.84. The van der Waals surface area contributed by atoms with E-state index in [1.54, 1.807) is 11.3 Å². The average Bonchev–Trinajstić information content (AvgIpc) is 2.88. The average molecular weight is 278 g/mol. The molecule has 1 N–H and O–H groups in total. The molecule has 0 amide bonds. The van der Waals surface area contributed by atoms with Gasteiger partial charge in [-0.25, -0.2) is 0 Å². The Bertz CT molecular complexity index is 480. The molecule has 0 aliphatic carbocycles. The third kappa shape index (κ3) is 3.89. The number of hydrogen-bond acceptors (Lipinski definition) is 3. The lowest BCUT2D eigenvalue weighted by Crippen LogP contribution is -2.19. The first kappa shape index (κ1) is 13.2. The minimum atomic E-state index is -0.737. The van der Waals surface area contributed by atoms with E-state index in [1.165, 1.54) is 17.3 Å². The summed E-state index contributed by atoms with van der Waals surface area (Å²) >= 11 is 3.13. The predicted molar refractivity (Wildman–Crippen MR) is 77.2 cm³/mol. The highest BCUT2D eigenvalue weighted by atomic mass is 32.2. The summed E-state index contributed by atoms with van der Waals surface area (Å²) in [6.07, 6.45) is 0.574. The highest BCUT2D eigenvalue weighted by molar-refractivity contribution is 7.99. The van der Waals surface area contributed by atoms with Gasteiger partial charge in [0.15, 0.2) is 0 Å². The molecule has 0 fully saturated rings. The minimum absolute atomic E-state index is 0.382. The van der Waals surface area contributed by atoms with Crippen molar-refractivity contribution in [2.24, 2.45) is 0 Å². The minimum Gasteiger partial charge on any atom is -0.480 e. The number of rotatable bonds is 6. The maximum atomic E-state index is 11.2. The zero-order chi connectivity index (χ0) is 12.8. The largest absolute Gasteiger partial charge is 0.480 e. The fourth-order valence-electron chi connectivity index (χ4n) is 1.62. The SMILES string of the molecule is O=C(O)C(Cc1ccccc1)SCc1ccsc1. The molecule has 2 nitrogen and oxygen atoms in total. The molecule has 1 heterocycles. The Hall–Kier alpha value is -1.26. The van der Waals surface area contributed by atoms with Crippen LogP contribution in [0.4, 0.5) is 0 Å². The van der Waals surface area contributed by atoms with E-state index >= 15 is 0 Å². The van der Waals surface area contributed by atoms with E-state index in [0.29, 0.717) is 6.42 Å². The number of carboxylic acid groups (broad SMARTS) is 1. The Morgan fingerprint density at radius 2 is 2.00 bits per heavy atom. The van der Waals surface area contributed by atoms with Gasteiger partial charge in [-0.1, -0.05) is 30.3 Å². The van der Waals surface area contributed by atoms with Crippen LogP contribution >= 0.6 is 23.1 Å². The topological polar surface area (TPSA) is 37.3 Å². The van der Waals surface area contributed by atoms with Crippen molar-refractivity contribution in [3.63, 3.8) is 0 Å². The number of carboxylic acids is 1. The van der Waals surface area contributed by atoms with Gasteiger partial charge in [-0.2, -0.15) is 11.3 Å². The van der Waals surface area contributed by atoms with Gasteiger partial charge in [0.25, 0.3) is 0 Å². The van der Waals surface area contributed by atoms with Crippen LogP contribution in [-0.2, 0) is 17.0 Å². The first-order valence-corrected chi connectivity index (χ1v) is 7.64. The number of hydrogen-bond donors (Lipinski definition) is 1. The van der Waals surface area contributed by atoms with Crippen molar-refractivity contribution in [1.82, 2.24) is 0 Å². The number of carbonyl (C=O) groups is 1. The van der Waals surface area contributed by atoms with Crippen LogP contribution in [0.25, 0.3) is 0 Å². The van der Waals surface area contributed by atoms with Gasteiger partial charge in [-0.05, 0) is 34.4 Å². The van der Waals surface area contributed by atoms with E-state index < -0.39 is 5.97 Å². The molecule has 0 bridgehead atoms. The van der Waals surface area contributed by atoms with Crippen molar-refractivity contribution < 1.29 is 9.90 Å². The van der Waals surface area contributed by atoms with Crippen LogP contribution in [0.1, 0.15) is 11.1 Å². The van der Waals surface area contributed by atoms with Crippen molar-refractivity contribution in [2.45, 2.75) is 17.4 Å². The normalized spacial score (nSPS) is 12.2. The summed E-state index contributed by atoms with van der Waals surface area (Å²) in [5.41, 5.74) is 2.27. The number of thiophene rings is 1. The van der Waals surface area contributed by atoms with Crippen molar-refractivity contribution in [1.29, 1.82) is 0 Å². The Morgan fingerprint density at radius 1 is 1.22 bits per heavy atom. The Labute approximate surface area is 115 Å². The maximum absolute atomic E-state index is 11.2. The molecule has 94 valence electrons. The monoisotopic (exact) mass is 278 g/mol. The van der Waals surface area contributed by atoms with E-state index in [0.717, 1.165) is 11.3 Å². The quantitative estimate of drug-likeness (QED) is 0.876. The van der Waals surface area contributed by atoms with E-state index in [1.807, 2.05) is 41.8 Å². The zero-order valence-electron chi connectivity index (χ0n) is 9.78. The van der Waals surface area contributed by atoms with E-state index in [4.69, 9.17) is 0 Å². The second kappa shape index (κ2) is 6.61. The van der Waals surface area contributed by atoms with Crippen LogP contribution in [-0.4, -0.2) is 16.3 Å². The van der Waals surface area contributed by atoms with Gasteiger partial charge in [0.2, 0.25) is 0 Å². The van der Waals surface area contributed by atoms with E-state index in [-0.39, 0.29) is 5.25 Å². The summed E-state index contributed by atoms with van der Waals surface area (Å²) in [4.78, 5) is 11.2.